The number of aliphatic hydroxyl groups excluding tert-OH is 6. The fourth-order valence-electron chi connectivity index (χ4n) is 3.61. The molecule has 0 atom stereocenters. The summed E-state index contributed by atoms with van der Waals surface area (Å²) in [6, 6.07) is 33.2. The maximum absolute atomic E-state index is 10.2. The zero-order valence-electron chi connectivity index (χ0n) is 30.4. The Kier molecular flexibility index (Phi) is 31.2. The highest BCUT2D eigenvalue weighted by Gasteiger charge is 2.21. The maximum atomic E-state index is 10.2. The van der Waals surface area contributed by atoms with Crippen molar-refractivity contribution < 1.29 is 80.1 Å². The van der Waals surface area contributed by atoms with Crippen LogP contribution in [0.2, 0.25) is 0 Å². The second-order valence-electron chi connectivity index (χ2n) is 11.0. The van der Waals surface area contributed by atoms with Crippen LogP contribution in [0.3, 0.4) is 0 Å². The maximum Gasteiger partial charge on any atom is 0.335 e. The molecule has 11 N–H and O–H groups in total. The minimum Gasteiger partial charge on any atom is -0.481 e. The molecule has 0 bridgehead atoms. The summed E-state index contributed by atoms with van der Waals surface area (Å²) in [5.41, 5.74) is 1.32. The summed E-state index contributed by atoms with van der Waals surface area (Å²) in [4.78, 5) is 51.0. The van der Waals surface area contributed by atoms with Gasteiger partial charge in [-0.15, -0.1) is 0 Å². The second-order valence-corrected chi connectivity index (χ2v) is 11.0. The predicted octanol–water partition coefficient (Wildman–Crippen LogP) is 3.46. The molecule has 0 aromatic heterocycles. The molecule has 0 amide bonds. The highest BCUT2D eigenvalue weighted by atomic mass is 16.4. The third-order valence-corrected chi connectivity index (χ3v) is 6.63. The van der Waals surface area contributed by atoms with Crippen molar-refractivity contribution in [3.05, 3.63) is 144 Å². The summed E-state index contributed by atoms with van der Waals surface area (Å²) in [6.07, 6.45) is 2.11. The lowest BCUT2D eigenvalue weighted by Gasteiger charge is -1.97. The minimum absolute atomic E-state index is 0.0185. The Morgan fingerprint density at radius 1 is 0.411 bits per heavy atom. The van der Waals surface area contributed by atoms with E-state index in [0.29, 0.717) is 22.3 Å². The molecular weight excluding hydrogens is 736 g/mol. The molecule has 0 unspecified atom stereocenters. The smallest absolute Gasteiger partial charge is 0.335 e. The first-order valence-electron chi connectivity index (χ1n) is 16.8. The average Bonchev–Trinajstić information content (AvgIpc) is 3.79. The molecular formula is C40H50O16. The van der Waals surface area contributed by atoms with Crippen LogP contribution >= 0.6 is 0 Å². The molecule has 4 aromatic carbocycles. The zero-order valence-corrected chi connectivity index (χ0v) is 30.4. The van der Waals surface area contributed by atoms with Crippen LogP contribution in [0.1, 0.15) is 67.1 Å². The molecule has 0 radical (unpaired) electrons. The molecule has 0 saturated heterocycles. The van der Waals surface area contributed by atoms with Gasteiger partial charge in [-0.25, -0.2) is 19.2 Å². The Hall–Kier alpha value is -6.01. The predicted molar refractivity (Wildman–Crippen MR) is 204 cm³/mol. The van der Waals surface area contributed by atoms with E-state index in [-0.39, 0.29) is 32.3 Å². The average molecular weight is 787 g/mol. The van der Waals surface area contributed by atoms with Crippen molar-refractivity contribution in [2.24, 2.45) is 5.92 Å². The lowest BCUT2D eigenvalue weighted by atomic mass is 10.1. The fraction of sp³-hybridized carbons (Fsp3) is 0.275. The number of hydrogen-bond acceptors (Lipinski definition) is 11. The molecule has 0 spiro atoms. The number of rotatable bonds is 9. The van der Waals surface area contributed by atoms with Crippen molar-refractivity contribution in [1.29, 1.82) is 0 Å². The highest BCUT2D eigenvalue weighted by Crippen LogP contribution is 2.24. The summed E-state index contributed by atoms with van der Waals surface area (Å²) in [7, 11) is 0. The van der Waals surface area contributed by atoms with Gasteiger partial charge in [0.25, 0.3) is 0 Å². The van der Waals surface area contributed by atoms with Crippen LogP contribution in [0.5, 0.6) is 0 Å². The Bertz CT molecular complexity index is 1380. The first-order valence-corrected chi connectivity index (χ1v) is 16.8. The van der Waals surface area contributed by atoms with Gasteiger partial charge in [0.15, 0.2) is 0 Å². The van der Waals surface area contributed by atoms with Gasteiger partial charge in [-0.1, -0.05) is 85.6 Å². The van der Waals surface area contributed by atoms with Gasteiger partial charge < -0.3 is 56.2 Å². The molecule has 56 heavy (non-hydrogen) atoms. The van der Waals surface area contributed by atoms with Gasteiger partial charge in [-0.05, 0) is 61.4 Å². The number of carboxylic acid groups (broad SMARTS) is 5. The van der Waals surface area contributed by atoms with E-state index in [4.69, 9.17) is 56.2 Å². The van der Waals surface area contributed by atoms with Gasteiger partial charge in [0, 0.05) is 0 Å². The van der Waals surface area contributed by atoms with Crippen LogP contribution in [0.4, 0.5) is 0 Å². The van der Waals surface area contributed by atoms with Gasteiger partial charge in [-0.2, -0.15) is 0 Å². The monoisotopic (exact) mass is 786 g/mol. The van der Waals surface area contributed by atoms with E-state index in [2.05, 4.69) is 0 Å². The van der Waals surface area contributed by atoms with Gasteiger partial charge in [0.2, 0.25) is 0 Å². The van der Waals surface area contributed by atoms with E-state index in [0.717, 1.165) is 25.7 Å². The Morgan fingerprint density at radius 2 is 0.607 bits per heavy atom. The van der Waals surface area contributed by atoms with Crippen LogP contribution in [0, 0.1) is 5.92 Å². The van der Waals surface area contributed by atoms with E-state index < -0.39 is 42.1 Å². The van der Waals surface area contributed by atoms with E-state index in [9.17, 15) is 24.0 Å². The number of aliphatic hydroxyl groups is 6. The summed E-state index contributed by atoms with van der Waals surface area (Å²) in [5.74, 6) is -4.14. The van der Waals surface area contributed by atoms with Crippen molar-refractivity contribution in [3.8, 4) is 0 Å². The van der Waals surface area contributed by atoms with Crippen LogP contribution in [0.15, 0.2) is 121 Å². The number of aliphatic carboxylic acids is 1. The molecule has 1 saturated carbocycles. The van der Waals surface area contributed by atoms with Gasteiger partial charge >= 0.3 is 29.8 Å². The topological polar surface area (TPSA) is 308 Å². The third kappa shape index (κ3) is 28.5. The minimum atomic E-state index is -0.954. The summed E-state index contributed by atoms with van der Waals surface area (Å²) in [6.45, 7) is -1.46. The van der Waals surface area contributed by atoms with Crippen LogP contribution in [-0.4, -0.2) is 125 Å². The third-order valence-electron chi connectivity index (χ3n) is 6.63. The highest BCUT2D eigenvalue weighted by molar-refractivity contribution is 5.88. The standard InChI is InChI=1S/4C7H6O2.C6H10O2.2C3H8O3/c4*8-7(9)6-4-2-1-3-5-6;7-6(8)5-3-1-2-4-5;2*4-1-3(6)2-5/h4*1-5H,(H,8,9);5H,1-4H2,(H,7,8);2*3-6H,1-2H2. The van der Waals surface area contributed by atoms with E-state index in [1.54, 1.807) is 121 Å². The van der Waals surface area contributed by atoms with E-state index in [1.807, 2.05) is 0 Å². The quantitative estimate of drug-likeness (QED) is 0.116. The molecule has 306 valence electrons. The van der Waals surface area contributed by atoms with Gasteiger partial charge in [0.05, 0.1) is 54.6 Å². The molecule has 1 aliphatic rings. The SMILES string of the molecule is O=C(O)C1CCCC1.O=C(O)c1ccccc1.O=C(O)c1ccccc1.O=C(O)c1ccccc1.O=C(O)c1ccccc1.OCC(O)CO.OCC(O)CO. The van der Waals surface area contributed by atoms with Crippen LogP contribution in [-0.2, 0) is 4.79 Å². The molecule has 0 aliphatic heterocycles. The Morgan fingerprint density at radius 3 is 0.696 bits per heavy atom. The fourth-order valence-corrected chi connectivity index (χ4v) is 3.61. The molecule has 4 aromatic rings. The number of hydrogen-bond donors (Lipinski definition) is 11. The normalized spacial score (nSPS) is 10.9. The lowest BCUT2D eigenvalue weighted by Crippen LogP contribution is -2.15. The first-order chi connectivity index (χ1) is 26.6. The zero-order chi connectivity index (χ0) is 42.7. The second kappa shape index (κ2) is 33.6. The molecule has 0 heterocycles. The Balaban J connectivity index is 0. The molecule has 5 rings (SSSR count). The molecule has 16 heteroatoms. The van der Waals surface area contributed by atoms with Crippen LogP contribution in [0.25, 0.3) is 0 Å². The van der Waals surface area contributed by atoms with Crippen molar-refractivity contribution in [3.63, 3.8) is 0 Å². The summed E-state index contributed by atoms with van der Waals surface area (Å²) >= 11 is 0. The summed E-state index contributed by atoms with van der Waals surface area (Å²) < 4.78 is 0. The number of carboxylic acids is 5. The number of aromatic carboxylic acids is 4. The van der Waals surface area contributed by atoms with Gasteiger partial charge in [0.1, 0.15) is 12.2 Å². The molecule has 16 nitrogen and oxygen atoms in total. The molecule has 1 aliphatic carbocycles. The van der Waals surface area contributed by atoms with Crippen molar-refractivity contribution in [1.82, 2.24) is 0 Å². The Labute approximate surface area is 323 Å². The van der Waals surface area contributed by atoms with Crippen molar-refractivity contribution >= 4 is 29.8 Å². The number of benzene rings is 4. The first kappa shape index (κ1) is 52.1. The van der Waals surface area contributed by atoms with Crippen molar-refractivity contribution in [2.45, 2.75) is 37.9 Å². The summed E-state index contributed by atoms with van der Waals surface area (Å²) in [5, 5.41) is 90.0. The molecule has 1 fully saturated rings. The lowest BCUT2D eigenvalue weighted by molar-refractivity contribution is -0.141. The van der Waals surface area contributed by atoms with Crippen molar-refractivity contribution in [2.75, 3.05) is 26.4 Å². The van der Waals surface area contributed by atoms with Gasteiger partial charge in [-0.3, -0.25) is 4.79 Å². The van der Waals surface area contributed by atoms with Crippen LogP contribution < -0.4 is 0 Å². The largest absolute Gasteiger partial charge is 0.481 e. The van der Waals surface area contributed by atoms with E-state index in [1.165, 1.54) is 0 Å². The number of carbonyl (C=O) groups is 5. The van der Waals surface area contributed by atoms with E-state index >= 15 is 0 Å².